The van der Waals surface area contributed by atoms with Crippen molar-refractivity contribution in [3.8, 4) is 23.0 Å². The molecule has 0 amide bonds. The van der Waals surface area contributed by atoms with E-state index in [1.165, 1.54) is 5.56 Å². The lowest BCUT2D eigenvalue weighted by atomic mass is 9.81. The highest BCUT2D eigenvalue weighted by atomic mass is 16.6. The van der Waals surface area contributed by atoms with Crippen LogP contribution in [0.25, 0.3) is 0 Å². The number of phenols is 1. The molecule has 6 heteroatoms. The molecule has 0 saturated carbocycles. The zero-order valence-corrected chi connectivity index (χ0v) is 16.1. The molecule has 0 aliphatic carbocycles. The summed E-state index contributed by atoms with van der Waals surface area (Å²) in [7, 11) is 1.61. The van der Waals surface area contributed by atoms with Crippen molar-refractivity contribution in [1.82, 2.24) is 10.9 Å². The number of aromatic hydroxyl groups is 1. The molecule has 144 valence electrons. The smallest absolute Gasteiger partial charge is 0.161 e. The molecule has 3 N–H and O–H groups in total. The van der Waals surface area contributed by atoms with Crippen LogP contribution in [0.5, 0.6) is 23.0 Å². The first-order valence-electron chi connectivity index (χ1n) is 9.29. The first kappa shape index (κ1) is 17.9. The van der Waals surface area contributed by atoms with E-state index in [2.05, 4.69) is 30.8 Å². The summed E-state index contributed by atoms with van der Waals surface area (Å²) in [5.41, 5.74) is 10.6. The number of hydrogen-bond donors (Lipinski definition) is 3. The summed E-state index contributed by atoms with van der Waals surface area (Å²) in [6, 6.07) is 8.07. The molecular formula is C21H26N2O4. The van der Waals surface area contributed by atoms with Gasteiger partial charge in [0.05, 0.1) is 13.2 Å². The number of benzene rings is 2. The number of hydrazine groups is 1. The van der Waals surface area contributed by atoms with Crippen LogP contribution >= 0.6 is 0 Å². The molecule has 2 aromatic carbocycles. The second-order valence-electron chi connectivity index (χ2n) is 7.26. The molecule has 0 bridgehead atoms. The van der Waals surface area contributed by atoms with Crippen LogP contribution in [0, 0.1) is 13.8 Å². The van der Waals surface area contributed by atoms with Gasteiger partial charge in [-0.15, -0.1) is 0 Å². The van der Waals surface area contributed by atoms with Gasteiger partial charge in [0.2, 0.25) is 0 Å². The summed E-state index contributed by atoms with van der Waals surface area (Å²) in [6.45, 7) is 7.24. The van der Waals surface area contributed by atoms with Gasteiger partial charge in [-0.25, -0.2) is 5.43 Å². The zero-order chi connectivity index (χ0) is 19.1. The van der Waals surface area contributed by atoms with Crippen LogP contribution in [0.3, 0.4) is 0 Å². The number of phenolic OH excluding ortho intramolecular Hbond substituents is 1. The Bertz CT molecular complexity index is 868. The molecule has 2 aliphatic rings. The van der Waals surface area contributed by atoms with E-state index in [0.717, 1.165) is 28.2 Å². The van der Waals surface area contributed by atoms with Gasteiger partial charge in [0.15, 0.2) is 11.5 Å². The van der Waals surface area contributed by atoms with Crippen LogP contribution in [0.4, 0.5) is 0 Å². The van der Waals surface area contributed by atoms with Crippen molar-refractivity contribution in [3.05, 3.63) is 46.5 Å². The van der Waals surface area contributed by atoms with Crippen LogP contribution in [0.1, 0.15) is 41.1 Å². The molecule has 4 rings (SSSR count). The number of ether oxygens (including phenoxy) is 3. The van der Waals surface area contributed by atoms with Gasteiger partial charge in [-0.1, -0.05) is 0 Å². The third-order valence-electron chi connectivity index (χ3n) is 5.62. The van der Waals surface area contributed by atoms with Crippen LogP contribution in [0.15, 0.2) is 24.3 Å². The van der Waals surface area contributed by atoms with Crippen LogP contribution in [-0.2, 0) is 0 Å². The van der Waals surface area contributed by atoms with E-state index in [1.54, 1.807) is 7.11 Å². The third kappa shape index (κ3) is 2.99. The van der Waals surface area contributed by atoms with Crippen molar-refractivity contribution < 1.29 is 19.3 Å². The summed E-state index contributed by atoms with van der Waals surface area (Å²) in [5.74, 6) is 2.66. The van der Waals surface area contributed by atoms with E-state index in [1.807, 2.05) is 25.1 Å². The lowest BCUT2D eigenvalue weighted by Crippen LogP contribution is -2.29. The normalized spacial score (nSPS) is 24.1. The van der Waals surface area contributed by atoms with Crippen molar-refractivity contribution in [2.45, 2.75) is 38.8 Å². The van der Waals surface area contributed by atoms with Crippen LogP contribution < -0.4 is 25.1 Å². The minimum absolute atomic E-state index is 0.0779. The second-order valence-corrected chi connectivity index (χ2v) is 7.26. The van der Waals surface area contributed by atoms with E-state index in [9.17, 15) is 5.11 Å². The highest BCUT2D eigenvalue weighted by Gasteiger charge is 2.38. The zero-order valence-electron chi connectivity index (χ0n) is 16.1. The van der Waals surface area contributed by atoms with Gasteiger partial charge < -0.3 is 19.3 Å². The molecule has 3 unspecified atom stereocenters. The molecule has 0 spiro atoms. The van der Waals surface area contributed by atoms with Crippen molar-refractivity contribution in [2.75, 3.05) is 20.3 Å². The summed E-state index contributed by atoms with van der Waals surface area (Å²) >= 11 is 0. The number of aryl methyl sites for hydroxylation is 1. The monoisotopic (exact) mass is 370 g/mol. The number of rotatable bonds is 3. The first-order valence-corrected chi connectivity index (χ1v) is 9.29. The minimum Gasteiger partial charge on any atom is -0.507 e. The molecule has 3 atom stereocenters. The number of fused-ring (bicyclic) bond motifs is 1. The van der Waals surface area contributed by atoms with E-state index in [0.29, 0.717) is 19.0 Å². The number of nitrogens with one attached hydrogen (secondary N) is 2. The average Bonchev–Trinajstić information content (AvgIpc) is 3.04. The maximum absolute atomic E-state index is 10.8. The summed E-state index contributed by atoms with van der Waals surface area (Å²) in [5, 5.41) is 10.8. The summed E-state index contributed by atoms with van der Waals surface area (Å²) < 4.78 is 16.8. The van der Waals surface area contributed by atoms with Gasteiger partial charge >= 0.3 is 0 Å². The van der Waals surface area contributed by atoms with Crippen LogP contribution in [-0.4, -0.2) is 31.5 Å². The molecule has 6 nitrogen and oxygen atoms in total. The quantitative estimate of drug-likeness (QED) is 0.771. The molecule has 2 heterocycles. The third-order valence-corrected chi connectivity index (χ3v) is 5.62. The predicted octanol–water partition coefficient (Wildman–Crippen LogP) is 3.11. The Morgan fingerprint density at radius 3 is 2.44 bits per heavy atom. The number of hydrogen-bond acceptors (Lipinski definition) is 6. The van der Waals surface area contributed by atoms with E-state index < -0.39 is 0 Å². The maximum Gasteiger partial charge on any atom is 0.161 e. The molecule has 1 fully saturated rings. The van der Waals surface area contributed by atoms with Gasteiger partial charge in [-0.05, 0) is 56.2 Å². The topological polar surface area (TPSA) is 72.0 Å². The Morgan fingerprint density at radius 1 is 1.04 bits per heavy atom. The predicted molar refractivity (Wildman–Crippen MR) is 103 cm³/mol. The van der Waals surface area contributed by atoms with Gasteiger partial charge in [0, 0.05) is 23.1 Å². The number of methoxy groups -OCH3 is 1. The SMILES string of the molecule is COc1ccc(C2NNC(C)C2c2cc3c(cc2C)OCCO3)c(O)c1C. The van der Waals surface area contributed by atoms with Gasteiger partial charge in [0.25, 0.3) is 0 Å². The largest absolute Gasteiger partial charge is 0.507 e. The highest BCUT2D eigenvalue weighted by molar-refractivity contribution is 5.53. The van der Waals surface area contributed by atoms with E-state index >= 15 is 0 Å². The Hall–Kier alpha value is -2.44. The van der Waals surface area contributed by atoms with Gasteiger partial charge in [0.1, 0.15) is 24.7 Å². The standard InChI is InChI=1S/C21H26N2O4/c1-11-9-17-18(27-8-7-26-17)10-15(11)19-13(3)22-23-20(19)14-5-6-16(25-4)12(2)21(14)24/h5-6,9-10,13,19-20,22-24H,7-8H2,1-4H3. The van der Waals surface area contributed by atoms with Crippen molar-refractivity contribution >= 4 is 0 Å². The summed E-state index contributed by atoms with van der Waals surface area (Å²) in [6.07, 6.45) is 0. The Labute approximate surface area is 159 Å². The molecule has 0 radical (unpaired) electrons. The fourth-order valence-electron chi connectivity index (χ4n) is 4.15. The van der Waals surface area contributed by atoms with Crippen molar-refractivity contribution in [3.63, 3.8) is 0 Å². The highest BCUT2D eigenvalue weighted by Crippen LogP contribution is 2.46. The fraction of sp³-hybridized carbons (Fsp3) is 0.429. The Kier molecular flexibility index (Phi) is 4.61. The van der Waals surface area contributed by atoms with Crippen molar-refractivity contribution in [1.29, 1.82) is 0 Å². The molecule has 0 aromatic heterocycles. The molecule has 2 aliphatic heterocycles. The van der Waals surface area contributed by atoms with E-state index in [-0.39, 0.29) is 23.8 Å². The lowest BCUT2D eigenvalue weighted by Gasteiger charge is -2.27. The first-order chi connectivity index (χ1) is 13.0. The van der Waals surface area contributed by atoms with Crippen LogP contribution in [0.2, 0.25) is 0 Å². The Morgan fingerprint density at radius 2 is 1.74 bits per heavy atom. The summed E-state index contributed by atoms with van der Waals surface area (Å²) in [4.78, 5) is 0. The molecule has 2 aromatic rings. The average molecular weight is 370 g/mol. The van der Waals surface area contributed by atoms with Crippen molar-refractivity contribution in [2.24, 2.45) is 0 Å². The molecule has 1 saturated heterocycles. The van der Waals surface area contributed by atoms with Gasteiger partial charge in [-0.3, -0.25) is 5.43 Å². The minimum atomic E-state index is -0.0779. The molecule has 27 heavy (non-hydrogen) atoms. The Balaban J connectivity index is 1.77. The molecular weight excluding hydrogens is 344 g/mol. The van der Waals surface area contributed by atoms with E-state index in [4.69, 9.17) is 14.2 Å². The maximum atomic E-state index is 10.8. The fourth-order valence-corrected chi connectivity index (χ4v) is 4.15. The second kappa shape index (κ2) is 6.94. The van der Waals surface area contributed by atoms with Gasteiger partial charge in [-0.2, -0.15) is 0 Å². The lowest BCUT2D eigenvalue weighted by molar-refractivity contribution is 0.171.